The Hall–Kier alpha value is -2.38. The van der Waals surface area contributed by atoms with Gasteiger partial charge in [0.2, 0.25) is 20.0 Å². The number of sulfonamides is 2. The van der Waals surface area contributed by atoms with E-state index in [1.807, 2.05) is 6.92 Å². The molecule has 2 N–H and O–H groups in total. The SMILES string of the molecule is C[C@@H]1CN([C@H](C)CO)C(=O)c2cc(NS(C)(=O)=O)ccc2O[C@H]1CN(C)S(=O)(=O)c1ccc(Cl)cc1. The molecule has 1 aliphatic rings. The number of nitrogens with zero attached hydrogens (tertiary/aromatic N) is 2. The number of aliphatic hydroxyl groups is 1. The summed E-state index contributed by atoms with van der Waals surface area (Å²) in [4.78, 5) is 15.0. The quantitative estimate of drug-likeness (QED) is 0.506. The van der Waals surface area contributed by atoms with E-state index in [1.54, 1.807) is 6.92 Å². The average molecular weight is 560 g/mol. The molecule has 0 fully saturated rings. The Labute approximate surface area is 216 Å². The van der Waals surface area contributed by atoms with Crippen LogP contribution >= 0.6 is 11.6 Å². The molecule has 0 bridgehead atoms. The zero-order valence-electron chi connectivity index (χ0n) is 20.4. The molecule has 13 heteroatoms. The van der Waals surface area contributed by atoms with Crippen LogP contribution in [0, 0.1) is 5.92 Å². The molecule has 1 amide bonds. The summed E-state index contributed by atoms with van der Waals surface area (Å²) in [6.07, 6.45) is 0.336. The number of carbonyl (C=O) groups is 1. The number of likely N-dealkylation sites (N-methyl/N-ethyl adjacent to an activating group) is 1. The Morgan fingerprint density at radius 3 is 2.42 bits per heavy atom. The molecule has 1 heterocycles. The van der Waals surface area contributed by atoms with E-state index >= 15 is 0 Å². The van der Waals surface area contributed by atoms with E-state index < -0.39 is 38.1 Å². The average Bonchev–Trinajstić information content (AvgIpc) is 2.80. The number of benzene rings is 2. The number of amides is 1. The highest BCUT2D eigenvalue weighted by molar-refractivity contribution is 7.92. The third-order valence-corrected chi connectivity index (χ3v) is 8.62. The molecule has 0 aliphatic carbocycles. The van der Waals surface area contributed by atoms with E-state index in [0.29, 0.717) is 5.02 Å². The maximum Gasteiger partial charge on any atom is 0.258 e. The third kappa shape index (κ3) is 6.48. The van der Waals surface area contributed by atoms with E-state index in [1.165, 1.54) is 58.7 Å². The lowest BCUT2D eigenvalue weighted by Crippen LogP contribution is -2.50. The minimum absolute atomic E-state index is 0.0234. The second-order valence-electron chi connectivity index (χ2n) is 8.95. The van der Waals surface area contributed by atoms with Crippen molar-refractivity contribution < 1.29 is 31.5 Å². The summed E-state index contributed by atoms with van der Waals surface area (Å²) >= 11 is 5.89. The fourth-order valence-electron chi connectivity index (χ4n) is 3.86. The molecule has 3 rings (SSSR count). The number of aliphatic hydroxyl groups excluding tert-OH is 1. The molecule has 10 nitrogen and oxygen atoms in total. The Bertz CT molecular complexity index is 1320. The summed E-state index contributed by atoms with van der Waals surface area (Å²) in [6, 6.07) is 9.61. The van der Waals surface area contributed by atoms with Gasteiger partial charge < -0.3 is 14.7 Å². The molecule has 0 saturated heterocycles. The van der Waals surface area contributed by atoms with Crippen LogP contribution in [0.15, 0.2) is 47.4 Å². The van der Waals surface area contributed by atoms with Crippen molar-refractivity contribution in [1.82, 2.24) is 9.21 Å². The maximum atomic E-state index is 13.4. The first kappa shape index (κ1) is 28.2. The van der Waals surface area contributed by atoms with E-state index in [4.69, 9.17) is 16.3 Å². The molecule has 2 aromatic rings. The smallest absolute Gasteiger partial charge is 0.258 e. The van der Waals surface area contributed by atoms with Gasteiger partial charge in [-0.3, -0.25) is 9.52 Å². The van der Waals surface area contributed by atoms with Crippen molar-refractivity contribution in [2.45, 2.75) is 30.9 Å². The van der Waals surface area contributed by atoms with Crippen molar-refractivity contribution in [2.24, 2.45) is 5.92 Å². The Kier molecular flexibility index (Phi) is 8.56. The third-order valence-electron chi connectivity index (χ3n) is 5.93. The molecule has 0 unspecified atom stereocenters. The second kappa shape index (κ2) is 10.9. The molecule has 1 aliphatic heterocycles. The molecule has 0 radical (unpaired) electrons. The summed E-state index contributed by atoms with van der Waals surface area (Å²) in [7, 11) is -6.00. The van der Waals surface area contributed by atoms with Crippen LogP contribution < -0.4 is 9.46 Å². The van der Waals surface area contributed by atoms with Gasteiger partial charge in [-0.25, -0.2) is 16.8 Å². The van der Waals surface area contributed by atoms with Gasteiger partial charge in [0.05, 0.1) is 35.9 Å². The van der Waals surface area contributed by atoms with Crippen molar-refractivity contribution in [3.05, 3.63) is 53.1 Å². The number of carbonyl (C=O) groups excluding carboxylic acids is 1. The molecule has 198 valence electrons. The topological polar surface area (TPSA) is 133 Å². The molecule has 3 atom stereocenters. The molecular weight excluding hydrogens is 530 g/mol. The highest BCUT2D eigenvalue weighted by atomic mass is 35.5. The van der Waals surface area contributed by atoms with Gasteiger partial charge in [0, 0.05) is 30.2 Å². The first-order chi connectivity index (χ1) is 16.7. The lowest BCUT2D eigenvalue weighted by molar-refractivity contribution is 0.0387. The minimum Gasteiger partial charge on any atom is -0.488 e. The highest BCUT2D eigenvalue weighted by Gasteiger charge is 2.35. The van der Waals surface area contributed by atoms with Crippen molar-refractivity contribution in [2.75, 3.05) is 37.7 Å². The lowest BCUT2D eigenvalue weighted by Gasteiger charge is -2.38. The first-order valence-electron chi connectivity index (χ1n) is 11.1. The van der Waals surface area contributed by atoms with Crippen LogP contribution in [-0.2, 0) is 20.0 Å². The summed E-state index contributed by atoms with van der Waals surface area (Å²) in [5.41, 5.74) is 0.279. The van der Waals surface area contributed by atoms with Crippen LogP contribution in [0.4, 0.5) is 5.69 Å². The molecule has 0 saturated carbocycles. The first-order valence-corrected chi connectivity index (χ1v) is 14.9. The van der Waals surface area contributed by atoms with Gasteiger partial charge in [0.15, 0.2) is 0 Å². The molecule has 0 aromatic heterocycles. The predicted octanol–water partition coefficient (Wildman–Crippen LogP) is 2.25. The Morgan fingerprint density at radius 2 is 1.83 bits per heavy atom. The summed E-state index contributed by atoms with van der Waals surface area (Å²) < 4.78 is 59.4. The van der Waals surface area contributed by atoms with Gasteiger partial charge in [0.25, 0.3) is 5.91 Å². The zero-order valence-corrected chi connectivity index (χ0v) is 22.8. The van der Waals surface area contributed by atoms with Crippen LogP contribution in [0.1, 0.15) is 24.2 Å². The van der Waals surface area contributed by atoms with Gasteiger partial charge in [-0.2, -0.15) is 4.31 Å². The molecule has 0 spiro atoms. The van der Waals surface area contributed by atoms with Crippen molar-refractivity contribution >= 4 is 43.2 Å². The largest absolute Gasteiger partial charge is 0.488 e. The Morgan fingerprint density at radius 1 is 1.19 bits per heavy atom. The van der Waals surface area contributed by atoms with Crippen LogP contribution in [-0.4, -0.2) is 82.2 Å². The van der Waals surface area contributed by atoms with Crippen LogP contribution in [0.2, 0.25) is 5.02 Å². The fourth-order valence-corrected chi connectivity index (χ4v) is 5.72. The van der Waals surface area contributed by atoms with E-state index in [0.717, 1.165) is 6.26 Å². The number of anilines is 1. The summed E-state index contributed by atoms with van der Waals surface area (Å²) in [5.74, 6) is -0.563. The van der Waals surface area contributed by atoms with E-state index in [-0.39, 0.29) is 47.5 Å². The second-order valence-corrected chi connectivity index (χ2v) is 13.2. The maximum absolute atomic E-state index is 13.4. The van der Waals surface area contributed by atoms with Gasteiger partial charge in [-0.1, -0.05) is 18.5 Å². The minimum atomic E-state index is -3.85. The van der Waals surface area contributed by atoms with Crippen LogP contribution in [0.5, 0.6) is 5.75 Å². The zero-order chi connectivity index (χ0) is 26.8. The summed E-state index contributed by atoms with van der Waals surface area (Å²) in [5, 5.41) is 10.2. The van der Waals surface area contributed by atoms with E-state index in [2.05, 4.69) is 4.72 Å². The number of ether oxygens (including phenoxy) is 1. The van der Waals surface area contributed by atoms with Crippen molar-refractivity contribution in [3.63, 3.8) is 0 Å². The van der Waals surface area contributed by atoms with Crippen LogP contribution in [0.25, 0.3) is 0 Å². The molecular formula is C23H30ClN3O7S2. The highest BCUT2D eigenvalue weighted by Crippen LogP contribution is 2.31. The number of fused-ring (bicyclic) bond motifs is 1. The van der Waals surface area contributed by atoms with E-state index in [9.17, 15) is 26.7 Å². The van der Waals surface area contributed by atoms with Gasteiger partial charge >= 0.3 is 0 Å². The van der Waals surface area contributed by atoms with Crippen LogP contribution in [0.3, 0.4) is 0 Å². The standard InChI is InChI=1S/C23H30ClN3O7S2/c1-15-12-27(16(2)14-28)23(29)20-11-18(25-35(4,30)31)7-10-21(20)34-22(15)13-26(3)36(32,33)19-8-5-17(24)6-9-19/h5-11,15-16,22,25,28H,12-14H2,1-4H3/t15-,16-,22+/m1/s1. The summed E-state index contributed by atoms with van der Waals surface area (Å²) in [6.45, 7) is 3.40. The number of rotatable bonds is 8. The number of hydrogen-bond acceptors (Lipinski definition) is 7. The number of nitrogens with one attached hydrogen (secondary N) is 1. The van der Waals surface area contributed by atoms with Crippen molar-refractivity contribution in [1.29, 1.82) is 0 Å². The molecule has 36 heavy (non-hydrogen) atoms. The number of halogens is 1. The fraction of sp³-hybridized carbons (Fsp3) is 0.435. The predicted molar refractivity (Wildman–Crippen MR) is 137 cm³/mol. The number of hydrogen-bond donors (Lipinski definition) is 2. The normalized spacial score (nSPS) is 19.8. The Balaban J connectivity index is 1.99. The monoisotopic (exact) mass is 559 g/mol. The van der Waals surface area contributed by atoms with Gasteiger partial charge in [-0.05, 0) is 49.4 Å². The molecule has 2 aromatic carbocycles. The van der Waals surface area contributed by atoms with Crippen molar-refractivity contribution in [3.8, 4) is 5.75 Å². The lowest BCUT2D eigenvalue weighted by atomic mass is 9.99. The van der Waals surface area contributed by atoms with Gasteiger partial charge in [0.1, 0.15) is 11.9 Å². The van der Waals surface area contributed by atoms with Gasteiger partial charge in [-0.15, -0.1) is 0 Å².